The number of benzene rings is 1. The van der Waals surface area contributed by atoms with Gasteiger partial charge in [0.2, 0.25) is 0 Å². The molecular formula is C19H25F3O5. The van der Waals surface area contributed by atoms with Crippen LogP contribution in [0.2, 0.25) is 0 Å². The Hall–Kier alpha value is -2.09. The quantitative estimate of drug-likeness (QED) is 0.580. The van der Waals surface area contributed by atoms with Crippen molar-refractivity contribution in [2.45, 2.75) is 65.3 Å². The van der Waals surface area contributed by atoms with Crippen LogP contribution in [-0.2, 0) is 9.53 Å². The van der Waals surface area contributed by atoms with E-state index in [1.54, 1.807) is 13.8 Å². The zero-order chi connectivity index (χ0) is 21.3. The molecule has 1 aromatic carbocycles. The van der Waals surface area contributed by atoms with Crippen molar-refractivity contribution in [2.24, 2.45) is 5.41 Å². The van der Waals surface area contributed by atoms with Crippen LogP contribution in [0.1, 0.15) is 58.3 Å². The van der Waals surface area contributed by atoms with Crippen LogP contribution < -0.4 is 4.74 Å². The van der Waals surface area contributed by atoms with E-state index in [0.29, 0.717) is 13.3 Å². The monoisotopic (exact) mass is 390 g/mol. The third-order valence-corrected chi connectivity index (χ3v) is 4.81. The Morgan fingerprint density at radius 2 is 1.48 bits per heavy atom. The van der Waals surface area contributed by atoms with Crippen LogP contribution in [0, 0.1) is 5.41 Å². The molecule has 0 bridgehead atoms. The molecule has 152 valence electrons. The number of carbonyl (C=O) groups is 2. The first-order valence-electron chi connectivity index (χ1n) is 8.40. The predicted molar refractivity (Wildman–Crippen MR) is 92.3 cm³/mol. The summed E-state index contributed by atoms with van der Waals surface area (Å²) < 4.78 is 49.1. The van der Waals surface area contributed by atoms with Gasteiger partial charge in [0.25, 0.3) is 0 Å². The SMILES string of the molecule is CCC(C)(C)C(=O)Oc1ccc(C(=O)OC(C)(C)C(C)(O)C(F)(F)F)cc1. The highest BCUT2D eigenvalue weighted by Crippen LogP contribution is 2.40. The molecule has 0 aliphatic rings. The molecule has 0 saturated carbocycles. The second-order valence-corrected chi connectivity index (χ2v) is 7.62. The van der Waals surface area contributed by atoms with Crippen molar-refractivity contribution >= 4 is 11.9 Å². The van der Waals surface area contributed by atoms with E-state index in [0.717, 1.165) is 13.8 Å². The third-order valence-electron chi connectivity index (χ3n) is 4.81. The van der Waals surface area contributed by atoms with Gasteiger partial charge in [-0.25, -0.2) is 4.79 Å². The van der Waals surface area contributed by atoms with Crippen LogP contribution >= 0.6 is 0 Å². The third kappa shape index (κ3) is 5.00. The number of carbonyl (C=O) groups excluding carboxylic acids is 2. The van der Waals surface area contributed by atoms with Crippen molar-refractivity contribution in [2.75, 3.05) is 0 Å². The highest BCUT2D eigenvalue weighted by atomic mass is 19.4. The molecule has 0 spiro atoms. The summed E-state index contributed by atoms with van der Waals surface area (Å²) >= 11 is 0. The predicted octanol–water partition coefficient (Wildman–Crippen LogP) is 4.28. The highest BCUT2D eigenvalue weighted by molar-refractivity contribution is 5.90. The lowest BCUT2D eigenvalue weighted by molar-refractivity contribution is -0.302. The van der Waals surface area contributed by atoms with Crippen molar-refractivity contribution < 1.29 is 37.3 Å². The summed E-state index contributed by atoms with van der Waals surface area (Å²) in [7, 11) is 0. The molecule has 27 heavy (non-hydrogen) atoms. The molecule has 5 nitrogen and oxygen atoms in total. The van der Waals surface area contributed by atoms with Gasteiger partial charge in [-0.3, -0.25) is 4.79 Å². The fraction of sp³-hybridized carbons (Fsp3) is 0.579. The number of alkyl halides is 3. The van der Waals surface area contributed by atoms with E-state index in [2.05, 4.69) is 0 Å². The first-order valence-corrected chi connectivity index (χ1v) is 8.40. The standard InChI is InChI=1S/C19H25F3O5/c1-7-16(2,3)15(24)26-13-10-8-12(9-11-13)14(23)27-17(4,5)18(6,25)19(20,21)22/h8-11,25H,7H2,1-6H3. The fourth-order valence-electron chi connectivity index (χ4n) is 1.78. The maximum atomic E-state index is 13.0. The van der Waals surface area contributed by atoms with E-state index in [1.807, 2.05) is 6.92 Å². The summed E-state index contributed by atoms with van der Waals surface area (Å²) in [6.45, 7) is 7.80. The van der Waals surface area contributed by atoms with Gasteiger partial charge in [0.05, 0.1) is 11.0 Å². The molecule has 0 heterocycles. The average molecular weight is 390 g/mol. The van der Waals surface area contributed by atoms with Gasteiger partial charge in [0.1, 0.15) is 11.4 Å². The topological polar surface area (TPSA) is 72.8 Å². The molecule has 0 aliphatic heterocycles. The minimum absolute atomic E-state index is 0.0457. The fourth-order valence-corrected chi connectivity index (χ4v) is 1.78. The summed E-state index contributed by atoms with van der Waals surface area (Å²) in [5.74, 6) is -1.29. The number of aliphatic hydroxyl groups is 1. The van der Waals surface area contributed by atoms with Crippen molar-refractivity contribution in [1.29, 1.82) is 0 Å². The van der Waals surface area contributed by atoms with Gasteiger partial charge in [0, 0.05) is 0 Å². The van der Waals surface area contributed by atoms with E-state index >= 15 is 0 Å². The van der Waals surface area contributed by atoms with Gasteiger partial charge < -0.3 is 14.6 Å². The Morgan fingerprint density at radius 1 is 1.00 bits per heavy atom. The second-order valence-electron chi connectivity index (χ2n) is 7.62. The van der Waals surface area contributed by atoms with Gasteiger partial charge in [-0.2, -0.15) is 13.2 Å². The lowest BCUT2D eigenvalue weighted by Crippen LogP contribution is -2.59. The largest absolute Gasteiger partial charge is 0.453 e. The number of rotatable bonds is 6. The molecule has 1 rings (SSSR count). The summed E-state index contributed by atoms with van der Waals surface area (Å²) in [5.41, 5.74) is -6.18. The van der Waals surface area contributed by atoms with E-state index in [1.165, 1.54) is 24.3 Å². The van der Waals surface area contributed by atoms with Crippen LogP contribution in [-0.4, -0.2) is 34.4 Å². The Kier molecular flexibility index (Phi) is 6.37. The zero-order valence-corrected chi connectivity index (χ0v) is 16.2. The van der Waals surface area contributed by atoms with E-state index in [4.69, 9.17) is 9.47 Å². The summed E-state index contributed by atoms with van der Waals surface area (Å²) in [5, 5.41) is 9.76. The first-order chi connectivity index (χ1) is 12.0. The normalized spacial score (nSPS) is 15.0. The maximum absolute atomic E-state index is 13.0. The summed E-state index contributed by atoms with van der Waals surface area (Å²) in [4.78, 5) is 24.2. The minimum atomic E-state index is -4.99. The number of halogens is 3. The van der Waals surface area contributed by atoms with E-state index in [-0.39, 0.29) is 11.3 Å². The van der Waals surface area contributed by atoms with Gasteiger partial charge in [-0.15, -0.1) is 0 Å². The van der Waals surface area contributed by atoms with E-state index in [9.17, 15) is 27.9 Å². The van der Waals surface area contributed by atoms with Gasteiger partial charge in [-0.1, -0.05) is 6.92 Å². The van der Waals surface area contributed by atoms with Crippen molar-refractivity contribution in [3.8, 4) is 5.75 Å². The second kappa shape index (κ2) is 7.50. The molecule has 1 aromatic rings. The number of hydrogen-bond donors (Lipinski definition) is 1. The number of ether oxygens (including phenoxy) is 2. The molecule has 0 saturated heterocycles. The van der Waals surface area contributed by atoms with Crippen molar-refractivity contribution in [3.63, 3.8) is 0 Å². The van der Waals surface area contributed by atoms with Crippen LogP contribution in [0.5, 0.6) is 5.75 Å². The molecular weight excluding hydrogens is 365 g/mol. The lowest BCUT2D eigenvalue weighted by Gasteiger charge is -2.40. The lowest BCUT2D eigenvalue weighted by atomic mass is 9.86. The first kappa shape index (κ1) is 23.0. The van der Waals surface area contributed by atoms with Gasteiger partial charge >= 0.3 is 18.1 Å². The zero-order valence-electron chi connectivity index (χ0n) is 16.2. The molecule has 1 N–H and O–H groups in total. The van der Waals surface area contributed by atoms with Crippen LogP contribution in [0.25, 0.3) is 0 Å². The number of hydrogen-bond acceptors (Lipinski definition) is 5. The van der Waals surface area contributed by atoms with Gasteiger partial charge in [-0.05, 0) is 65.3 Å². The Bertz CT molecular complexity index is 688. The van der Waals surface area contributed by atoms with Crippen LogP contribution in [0.15, 0.2) is 24.3 Å². The van der Waals surface area contributed by atoms with Crippen molar-refractivity contribution in [3.05, 3.63) is 29.8 Å². The maximum Gasteiger partial charge on any atom is 0.420 e. The molecule has 0 aromatic heterocycles. The number of esters is 2. The molecule has 1 atom stereocenters. The molecule has 0 radical (unpaired) electrons. The molecule has 0 fully saturated rings. The molecule has 0 amide bonds. The molecule has 8 heteroatoms. The van der Waals surface area contributed by atoms with Crippen LogP contribution in [0.3, 0.4) is 0 Å². The smallest absolute Gasteiger partial charge is 0.420 e. The molecule has 0 aliphatic carbocycles. The average Bonchev–Trinajstić information content (AvgIpc) is 2.53. The Balaban J connectivity index is 2.90. The van der Waals surface area contributed by atoms with Crippen LogP contribution in [0.4, 0.5) is 13.2 Å². The summed E-state index contributed by atoms with van der Waals surface area (Å²) in [6.07, 6.45) is -4.41. The minimum Gasteiger partial charge on any atom is -0.453 e. The highest BCUT2D eigenvalue weighted by Gasteiger charge is 2.61. The van der Waals surface area contributed by atoms with Gasteiger partial charge in [0.15, 0.2) is 5.60 Å². The summed E-state index contributed by atoms with van der Waals surface area (Å²) in [6, 6.07) is 5.22. The van der Waals surface area contributed by atoms with E-state index < -0.39 is 34.7 Å². The Labute approximate surface area is 156 Å². The Morgan fingerprint density at radius 3 is 1.89 bits per heavy atom. The van der Waals surface area contributed by atoms with Crippen molar-refractivity contribution in [1.82, 2.24) is 0 Å². The molecule has 1 unspecified atom stereocenters.